The van der Waals surface area contributed by atoms with Gasteiger partial charge in [0.1, 0.15) is 6.10 Å². The number of rotatable bonds is 6. The Bertz CT molecular complexity index is 811. The van der Waals surface area contributed by atoms with E-state index in [0.717, 1.165) is 50.5 Å². The van der Waals surface area contributed by atoms with Crippen molar-refractivity contribution in [2.75, 3.05) is 52.5 Å². The number of piperazine rings is 1. The van der Waals surface area contributed by atoms with E-state index in [1.165, 1.54) is 12.1 Å². The maximum atomic E-state index is 12.6. The molecule has 174 valence electrons. The zero-order chi connectivity index (χ0) is 22.3. The average molecular weight is 446 g/mol. The molecule has 4 rings (SSSR count). The molecule has 32 heavy (non-hydrogen) atoms. The number of nitro groups is 1. The number of non-ortho nitro benzene ring substituents is 1. The third-order valence-corrected chi connectivity index (χ3v) is 6.23. The van der Waals surface area contributed by atoms with Gasteiger partial charge in [-0.05, 0) is 24.8 Å². The van der Waals surface area contributed by atoms with Crippen LogP contribution in [0, 0.1) is 16.0 Å². The summed E-state index contributed by atoms with van der Waals surface area (Å²) in [5.74, 6) is 1.36. The lowest BCUT2D eigenvalue weighted by atomic mass is 10.1. The van der Waals surface area contributed by atoms with Gasteiger partial charge in [-0.25, -0.2) is 4.99 Å². The minimum atomic E-state index is -0.402. The van der Waals surface area contributed by atoms with Crippen molar-refractivity contribution in [1.29, 1.82) is 0 Å². The van der Waals surface area contributed by atoms with Crippen molar-refractivity contribution < 1.29 is 19.2 Å². The summed E-state index contributed by atoms with van der Waals surface area (Å²) in [6.45, 7) is 6.12. The number of carbonyl (C=O) groups excluding carboxylic acids is 1. The van der Waals surface area contributed by atoms with E-state index in [0.29, 0.717) is 45.2 Å². The number of amides is 1. The van der Waals surface area contributed by atoms with E-state index in [4.69, 9.17) is 14.5 Å². The number of aliphatic imine (C=N–C) groups is 1. The second-order valence-corrected chi connectivity index (χ2v) is 8.49. The molecule has 0 aliphatic carbocycles. The van der Waals surface area contributed by atoms with E-state index >= 15 is 0 Å². The SMILES string of the molecule is O=C(C1CCCO1)N1CCN(C(=NCc2ccc([N+](=O)[O-])cc2)NCC2CCOC2)CC1. The highest BCUT2D eigenvalue weighted by Gasteiger charge is 2.31. The van der Waals surface area contributed by atoms with Gasteiger partial charge in [-0.1, -0.05) is 12.1 Å². The Kier molecular flexibility index (Phi) is 7.54. The highest BCUT2D eigenvalue weighted by molar-refractivity contribution is 5.83. The molecule has 3 fully saturated rings. The topological polar surface area (TPSA) is 110 Å². The van der Waals surface area contributed by atoms with Crippen LogP contribution in [-0.4, -0.2) is 85.2 Å². The average Bonchev–Trinajstić information content (AvgIpc) is 3.54. The van der Waals surface area contributed by atoms with E-state index in [1.807, 2.05) is 4.90 Å². The van der Waals surface area contributed by atoms with Gasteiger partial charge < -0.3 is 24.6 Å². The van der Waals surface area contributed by atoms with Gasteiger partial charge in [-0.15, -0.1) is 0 Å². The molecule has 0 radical (unpaired) electrons. The van der Waals surface area contributed by atoms with Gasteiger partial charge in [0.25, 0.3) is 11.6 Å². The largest absolute Gasteiger partial charge is 0.381 e. The predicted molar refractivity (Wildman–Crippen MR) is 118 cm³/mol. The molecule has 1 aromatic rings. The summed E-state index contributed by atoms with van der Waals surface area (Å²) in [5.41, 5.74) is 0.982. The Morgan fingerprint density at radius 1 is 1.12 bits per heavy atom. The summed E-state index contributed by atoms with van der Waals surface area (Å²) in [5, 5.41) is 14.4. The highest BCUT2D eigenvalue weighted by atomic mass is 16.6. The molecule has 1 aromatic carbocycles. The van der Waals surface area contributed by atoms with Crippen LogP contribution in [0.25, 0.3) is 0 Å². The monoisotopic (exact) mass is 445 g/mol. The van der Waals surface area contributed by atoms with Gasteiger partial charge in [0, 0.05) is 64.0 Å². The number of nitro benzene ring substituents is 1. The fourth-order valence-corrected chi connectivity index (χ4v) is 4.25. The second kappa shape index (κ2) is 10.7. The van der Waals surface area contributed by atoms with Crippen LogP contribution in [-0.2, 0) is 20.8 Å². The van der Waals surface area contributed by atoms with Gasteiger partial charge in [0.2, 0.25) is 0 Å². The molecular weight excluding hydrogens is 414 g/mol. The first-order valence-corrected chi connectivity index (χ1v) is 11.3. The normalized spacial score (nSPS) is 24.1. The van der Waals surface area contributed by atoms with Crippen molar-refractivity contribution in [2.24, 2.45) is 10.9 Å². The summed E-state index contributed by atoms with van der Waals surface area (Å²) in [6, 6.07) is 6.48. The third-order valence-electron chi connectivity index (χ3n) is 6.23. The van der Waals surface area contributed by atoms with Crippen LogP contribution in [0.15, 0.2) is 29.3 Å². The minimum Gasteiger partial charge on any atom is -0.381 e. The Hall–Kier alpha value is -2.72. The molecule has 2 atom stereocenters. The highest BCUT2D eigenvalue weighted by Crippen LogP contribution is 2.17. The van der Waals surface area contributed by atoms with Gasteiger partial charge in [0.05, 0.1) is 18.1 Å². The first kappa shape index (κ1) is 22.5. The lowest BCUT2D eigenvalue weighted by Crippen LogP contribution is -2.55. The smallest absolute Gasteiger partial charge is 0.269 e. The second-order valence-electron chi connectivity index (χ2n) is 8.49. The van der Waals surface area contributed by atoms with Crippen LogP contribution in [0.1, 0.15) is 24.8 Å². The Labute approximate surface area is 187 Å². The van der Waals surface area contributed by atoms with Gasteiger partial charge in [-0.3, -0.25) is 14.9 Å². The van der Waals surface area contributed by atoms with Crippen LogP contribution >= 0.6 is 0 Å². The van der Waals surface area contributed by atoms with Gasteiger partial charge in [-0.2, -0.15) is 0 Å². The molecule has 3 aliphatic rings. The predicted octanol–water partition coefficient (Wildman–Crippen LogP) is 1.40. The molecule has 1 N–H and O–H groups in total. The molecule has 0 spiro atoms. The summed E-state index contributed by atoms with van der Waals surface area (Å²) in [4.78, 5) is 32.0. The molecule has 3 saturated heterocycles. The van der Waals surface area contributed by atoms with Gasteiger partial charge in [0.15, 0.2) is 5.96 Å². The number of nitrogens with zero attached hydrogens (tertiary/aromatic N) is 4. The standard InChI is InChI=1S/C22H31N5O5/c28-21(20-2-1-12-32-20)25-8-10-26(11-9-25)22(24-15-18-7-13-31-16-18)23-14-17-3-5-19(6-4-17)27(29)30/h3-6,18,20H,1-2,7-16H2,(H,23,24). The molecule has 10 nitrogen and oxygen atoms in total. The minimum absolute atomic E-state index is 0.0735. The lowest BCUT2D eigenvalue weighted by Gasteiger charge is -2.37. The molecule has 0 saturated carbocycles. The van der Waals surface area contributed by atoms with E-state index in [-0.39, 0.29) is 17.7 Å². The van der Waals surface area contributed by atoms with Crippen LogP contribution in [0.4, 0.5) is 5.69 Å². The third kappa shape index (κ3) is 5.74. The van der Waals surface area contributed by atoms with Crippen molar-refractivity contribution in [3.63, 3.8) is 0 Å². The molecular formula is C22H31N5O5. The number of ether oxygens (including phenoxy) is 2. The maximum Gasteiger partial charge on any atom is 0.269 e. The summed E-state index contributed by atoms with van der Waals surface area (Å²) in [6.07, 6.45) is 2.51. The summed E-state index contributed by atoms with van der Waals surface area (Å²) in [7, 11) is 0. The van der Waals surface area contributed by atoms with Crippen LogP contribution in [0.5, 0.6) is 0 Å². The molecule has 0 bridgehead atoms. The number of nitrogens with one attached hydrogen (secondary N) is 1. The maximum absolute atomic E-state index is 12.6. The Balaban J connectivity index is 1.37. The Morgan fingerprint density at radius 3 is 2.50 bits per heavy atom. The van der Waals surface area contributed by atoms with Crippen molar-refractivity contribution >= 4 is 17.6 Å². The fourth-order valence-electron chi connectivity index (χ4n) is 4.25. The zero-order valence-electron chi connectivity index (χ0n) is 18.3. The van der Waals surface area contributed by atoms with E-state index in [1.54, 1.807) is 12.1 Å². The van der Waals surface area contributed by atoms with Crippen molar-refractivity contribution in [1.82, 2.24) is 15.1 Å². The number of hydrogen-bond donors (Lipinski definition) is 1. The molecule has 3 aliphatic heterocycles. The zero-order valence-corrected chi connectivity index (χ0v) is 18.3. The summed E-state index contributed by atoms with van der Waals surface area (Å²) < 4.78 is 11.0. The van der Waals surface area contributed by atoms with Crippen molar-refractivity contribution in [3.05, 3.63) is 39.9 Å². The molecule has 1 amide bonds. The fraction of sp³-hybridized carbons (Fsp3) is 0.636. The number of benzene rings is 1. The number of carbonyl (C=O) groups is 1. The van der Waals surface area contributed by atoms with Crippen LogP contribution in [0.2, 0.25) is 0 Å². The van der Waals surface area contributed by atoms with E-state index in [9.17, 15) is 14.9 Å². The molecule has 2 unspecified atom stereocenters. The first-order valence-electron chi connectivity index (χ1n) is 11.3. The van der Waals surface area contributed by atoms with Gasteiger partial charge >= 0.3 is 0 Å². The van der Waals surface area contributed by atoms with Crippen molar-refractivity contribution in [3.8, 4) is 0 Å². The lowest BCUT2D eigenvalue weighted by molar-refractivity contribution is -0.384. The van der Waals surface area contributed by atoms with Crippen LogP contribution < -0.4 is 5.32 Å². The molecule has 0 aromatic heterocycles. The number of hydrogen-bond acceptors (Lipinski definition) is 6. The molecule has 3 heterocycles. The quantitative estimate of drug-likeness (QED) is 0.305. The first-order chi connectivity index (χ1) is 15.6. The summed E-state index contributed by atoms with van der Waals surface area (Å²) >= 11 is 0. The van der Waals surface area contributed by atoms with Crippen molar-refractivity contribution in [2.45, 2.75) is 31.9 Å². The molecule has 10 heteroatoms. The Morgan fingerprint density at radius 2 is 1.88 bits per heavy atom. The van der Waals surface area contributed by atoms with E-state index in [2.05, 4.69) is 10.2 Å². The van der Waals surface area contributed by atoms with Crippen LogP contribution in [0.3, 0.4) is 0 Å². The van der Waals surface area contributed by atoms with E-state index < -0.39 is 4.92 Å². The number of guanidine groups is 1.